The van der Waals surface area contributed by atoms with Crippen molar-refractivity contribution in [2.75, 3.05) is 168 Å². The minimum absolute atomic E-state index is 0. The molecule has 27 nitrogen and oxygen atoms in total. The molecule has 5 atom stereocenters. The number of anilines is 6. The maximum atomic E-state index is 13.8. The van der Waals surface area contributed by atoms with Gasteiger partial charge in [-0.05, 0) is 145 Å². The predicted octanol–water partition coefficient (Wildman–Crippen LogP) is 12.3. The van der Waals surface area contributed by atoms with Crippen LogP contribution in [0.5, 0.6) is 12.0 Å². The Morgan fingerprint density at radius 1 is 0.488 bits per heavy atom. The quantitative estimate of drug-likeness (QED) is 0.0622. The van der Waals surface area contributed by atoms with Crippen molar-refractivity contribution in [1.29, 1.82) is 0 Å². The molecule has 0 aliphatic carbocycles. The number of likely N-dealkylation sites (tertiary alicyclic amines) is 2. The van der Waals surface area contributed by atoms with E-state index >= 15 is 0 Å². The number of H-pyrrole nitrogens is 1. The first-order chi connectivity index (χ1) is 58.4. The van der Waals surface area contributed by atoms with Crippen LogP contribution >= 0.6 is 67.5 Å². The van der Waals surface area contributed by atoms with Gasteiger partial charge in [-0.3, -0.25) is 19.5 Å². The summed E-state index contributed by atoms with van der Waals surface area (Å²) in [5.74, 6) is -1.07. The largest absolute Gasteiger partial charge is 0.462 e. The zero-order chi connectivity index (χ0) is 83.5. The first-order valence-corrected chi connectivity index (χ1v) is 41.9. The second kappa shape index (κ2) is 44.5. The van der Waals surface area contributed by atoms with Crippen LogP contribution < -0.4 is 38.9 Å². The molecule has 662 valence electrons. The molecular formula is C91H114F2N22O5S5. The number of benzene rings is 5. The van der Waals surface area contributed by atoms with Gasteiger partial charge < -0.3 is 77.9 Å². The summed E-state index contributed by atoms with van der Waals surface area (Å²) in [6, 6.07) is 34.3. The van der Waals surface area contributed by atoms with Crippen LogP contribution in [0.1, 0.15) is 84.3 Å². The number of hydrogen-bond donors (Lipinski definition) is 1. The molecule has 0 bridgehead atoms. The van der Waals surface area contributed by atoms with Gasteiger partial charge in [0, 0.05) is 141 Å². The number of halogens is 2. The molecule has 0 saturated carbocycles. The number of aromatic amines is 1. The fraction of sp³-hybridized carbons (Fsp3) is 0.440. The summed E-state index contributed by atoms with van der Waals surface area (Å²) in [7, 11) is 4.26. The molecule has 8 aliphatic heterocycles. The third kappa shape index (κ3) is 21.7. The highest BCUT2D eigenvalue weighted by Gasteiger charge is 2.40. The van der Waals surface area contributed by atoms with Gasteiger partial charge in [0.2, 0.25) is 25.5 Å². The lowest BCUT2D eigenvalue weighted by atomic mass is 10.0. The van der Waals surface area contributed by atoms with Crippen LogP contribution in [0.4, 0.5) is 43.3 Å². The van der Waals surface area contributed by atoms with Gasteiger partial charge in [-0.25, -0.2) is 38.5 Å². The van der Waals surface area contributed by atoms with Gasteiger partial charge in [-0.2, -0.15) is 92.5 Å². The van der Waals surface area contributed by atoms with Crippen molar-refractivity contribution in [1.82, 2.24) is 64.6 Å². The second-order valence-corrected chi connectivity index (χ2v) is 32.3. The summed E-state index contributed by atoms with van der Waals surface area (Å²) in [5, 5.41) is 13.4. The molecule has 5 saturated heterocycles. The monoisotopic (exact) mass is 1790 g/mol. The number of carbonyl (C=O) groups is 3. The van der Waals surface area contributed by atoms with Crippen molar-refractivity contribution >= 4 is 152 Å². The summed E-state index contributed by atoms with van der Waals surface area (Å²) in [6.07, 6.45) is 14.7. The minimum Gasteiger partial charge on any atom is -0.462 e. The molecule has 0 radical (unpaired) electrons. The highest BCUT2D eigenvalue weighted by molar-refractivity contribution is 7.60. The van der Waals surface area contributed by atoms with E-state index in [1.165, 1.54) is 60.8 Å². The van der Waals surface area contributed by atoms with E-state index in [1.807, 2.05) is 12.3 Å². The van der Waals surface area contributed by atoms with Gasteiger partial charge in [-0.15, -0.1) is 0 Å². The molecule has 4 aromatic heterocycles. The summed E-state index contributed by atoms with van der Waals surface area (Å²) in [6.45, 7) is 46.7. The Kier molecular flexibility index (Phi) is 34.4. The molecule has 9 aromatic rings. The van der Waals surface area contributed by atoms with Crippen LogP contribution in [-0.2, 0) is 53.3 Å². The maximum Gasteiger partial charge on any atom is 0.318 e. The first kappa shape index (κ1) is 96.6. The molecule has 125 heavy (non-hydrogen) atoms. The van der Waals surface area contributed by atoms with E-state index in [1.54, 1.807) is 11.2 Å². The Morgan fingerprint density at radius 2 is 0.928 bits per heavy atom. The van der Waals surface area contributed by atoms with Crippen molar-refractivity contribution in [3.63, 3.8) is 0 Å². The number of ether oxygens (including phenoxy) is 2. The van der Waals surface area contributed by atoms with Crippen LogP contribution in [0, 0.1) is 26.6 Å². The molecular weight excluding hydrogens is 1680 g/mol. The number of hydrogen-bond acceptors (Lipinski definition) is 20. The van der Waals surface area contributed by atoms with Crippen LogP contribution in [0.3, 0.4) is 0 Å². The fourth-order valence-corrected chi connectivity index (χ4v) is 18.6. The minimum atomic E-state index is -1.000. The second-order valence-electron chi connectivity index (χ2n) is 32.3. The molecule has 5 aromatic carbocycles. The molecule has 1 N–H and O–H groups in total. The van der Waals surface area contributed by atoms with Crippen molar-refractivity contribution in [2.45, 2.75) is 121 Å². The SMILES string of the molecule is S.S.S.S.S.[C-]#[N+]C[C@H]1CN(c2nc(OC[C@@H]3CCCN3C)nc3c2CCCN(c2cccc4[nH]ncc24)C3)CCN1C(=O)C=C.[C-]#[N+]C[C@H]1CN(c2nc(OC[C@@H]3CCCN3C)nc3c2CCCN(c2cccc4ccccc24)C3)CCN1C(=O)C(=C)F.[C-]#[N+]C[C@H]1CN(c2ncnc3c2CCCN(c2cccc4cccc(C)c24)C3)CCN1C(=O)C(=C)F. The van der Waals surface area contributed by atoms with Gasteiger partial charge in [0.05, 0.1) is 48.4 Å². The van der Waals surface area contributed by atoms with Crippen molar-refractivity contribution in [3.8, 4) is 12.0 Å². The van der Waals surface area contributed by atoms with Crippen LogP contribution in [0.15, 0.2) is 147 Å². The van der Waals surface area contributed by atoms with E-state index in [0.29, 0.717) is 109 Å². The average Bonchev–Trinajstić information content (AvgIpc) is 1.43. The summed E-state index contributed by atoms with van der Waals surface area (Å²) < 4.78 is 40.0. The van der Waals surface area contributed by atoms with Gasteiger partial charge in [0.25, 0.3) is 11.8 Å². The Hall–Kier alpha value is -10.6. The fourth-order valence-electron chi connectivity index (χ4n) is 18.6. The number of fused-ring (bicyclic) bond motifs is 6. The first-order valence-electron chi connectivity index (χ1n) is 41.9. The normalized spacial score (nSPS) is 19.4. The van der Waals surface area contributed by atoms with E-state index in [9.17, 15) is 23.2 Å². The number of aryl methyl sites for hydroxylation is 1. The Morgan fingerprint density at radius 3 is 1.43 bits per heavy atom. The number of rotatable bonds is 18. The van der Waals surface area contributed by atoms with Gasteiger partial charge in [0.15, 0.2) is 11.7 Å². The highest BCUT2D eigenvalue weighted by atomic mass is 32.1. The maximum absolute atomic E-state index is 13.8. The zero-order valence-corrected chi connectivity index (χ0v) is 76.3. The average molecular weight is 1790 g/mol. The standard InChI is InChI=1S/C33H38FN7O2.C30H37N9O2.C28H29FN6O.5H2S/c1-23(34)32(42)41-18-17-40(20-26(41)19-35-2)31-28-13-8-16-39(30-14-6-10-24-9-4-5-12-27(24)30)21-29(28)36-33(37-31)43-22-25-11-7-15-38(25)3;1-4-28(40)39-15-14-38(18-22(39)16-31-2)29-23-9-7-13-37(27-11-5-10-25-24(27)17-32-35-25)19-26(23)33-30(34-29)41-20-21-8-6-12-36(21)3;1-19-7-4-8-21-9-5-11-25(26(19)21)33-12-6-10-23-24(17-33)31-18-32-27(23)34-13-14-35(28(36)20(2)29)22(16-34)15-30-3;;;;;/h4-6,9-10,12,14,25-26H,1,7-8,11,13,15-22H2,3H3;4-5,10-11,17,21-22H,1,6-9,12-16,18-20H2,3H3,(H,32,35);4-5,7-9,11,18,22H,2,6,10,12-17H2,1H3;5*1H2/t25-,26-;21-,22-;22-;;;;;/m000...../s1. The molecule has 8 aliphatic rings. The van der Waals surface area contributed by atoms with E-state index in [0.717, 1.165) is 158 Å². The molecule has 12 heterocycles. The summed E-state index contributed by atoms with van der Waals surface area (Å²) in [5.41, 5.74) is 12.0. The van der Waals surface area contributed by atoms with Crippen molar-refractivity contribution < 1.29 is 32.6 Å². The van der Waals surface area contributed by atoms with Crippen LogP contribution in [0.2, 0.25) is 0 Å². The van der Waals surface area contributed by atoms with Crippen LogP contribution in [0.25, 0.3) is 47.0 Å². The molecule has 0 spiro atoms. The van der Waals surface area contributed by atoms with E-state index in [2.05, 4.69) is 206 Å². The van der Waals surface area contributed by atoms with E-state index in [-0.39, 0.29) is 106 Å². The third-order valence-corrected chi connectivity index (χ3v) is 24.9. The number of likely N-dealkylation sites (N-methyl/N-ethyl adjacent to an activating group) is 2. The summed E-state index contributed by atoms with van der Waals surface area (Å²) >= 11 is 0. The molecule has 5 fully saturated rings. The third-order valence-electron chi connectivity index (χ3n) is 24.9. The number of nitrogens with one attached hydrogen (secondary N) is 1. The van der Waals surface area contributed by atoms with E-state index < -0.39 is 35.6 Å². The highest BCUT2D eigenvalue weighted by Crippen LogP contribution is 2.40. The number of amides is 3. The van der Waals surface area contributed by atoms with Crippen molar-refractivity contribution in [3.05, 3.63) is 221 Å². The number of aromatic nitrogens is 8. The van der Waals surface area contributed by atoms with Gasteiger partial charge in [0.1, 0.15) is 55.1 Å². The topological polar surface area (TPSA) is 224 Å². The summed E-state index contributed by atoms with van der Waals surface area (Å²) in [4.78, 5) is 100. The Bertz CT molecular complexity index is 5450. The Labute approximate surface area is 766 Å². The lowest BCUT2D eigenvalue weighted by Gasteiger charge is -2.40. The molecule has 3 amide bonds. The van der Waals surface area contributed by atoms with Crippen LogP contribution in [-0.4, -0.2) is 251 Å². The smallest absolute Gasteiger partial charge is 0.318 e. The molecule has 0 unspecified atom stereocenters. The zero-order valence-electron chi connectivity index (χ0n) is 71.3. The number of carbonyl (C=O) groups excluding carboxylic acids is 3. The number of nitrogens with zero attached hydrogens (tertiary/aromatic N) is 21. The molecule has 34 heteroatoms. The molecule has 17 rings (SSSR count). The lowest BCUT2D eigenvalue weighted by Crippen LogP contribution is -2.56. The number of piperazine rings is 3. The van der Waals surface area contributed by atoms with Gasteiger partial charge in [-0.1, -0.05) is 92.5 Å². The van der Waals surface area contributed by atoms with Gasteiger partial charge >= 0.3 is 12.0 Å². The van der Waals surface area contributed by atoms with Crippen molar-refractivity contribution in [2.24, 2.45) is 0 Å². The Balaban J connectivity index is 0.000000193. The van der Waals surface area contributed by atoms with E-state index in [4.69, 9.17) is 49.1 Å². The predicted molar refractivity (Wildman–Crippen MR) is 515 cm³/mol. The lowest BCUT2D eigenvalue weighted by molar-refractivity contribution is -0.131.